The van der Waals surface area contributed by atoms with Crippen LogP contribution in [0.3, 0.4) is 0 Å². The molecule has 1 saturated carbocycles. The average molecular weight is 456 g/mol. The number of pyridine rings is 1. The fraction of sp³-hybridized carbons (Fsp3) is 0.261. The quantitative estimate of drug-likeness (QED) is 0.375. The molecule has 160 valence electrons. The molecule has 2 amide bonds. The zero-order valence-electron chi connectivity index (χ0n) is 16.8. The van der Waals surface area contributed by atoms with E-state index in [1.165, 1.54) is 11.8 Å². The van der Waals surface area contributed by atoms with E-state index >= 15 is 0 Å². The van der Waals surface area contributed by atoms with Crippen molar-refractivity contribution < 1.29 is 14.3 Å². The Morgan fingerprint density at radius 1 is 1.13 bits per heavy atom. The number of para-hydroxylation sites is 1. The molecule has 2 aromatic carbocycles. The van der Waals surface area contributed by atoms with Gasteiger partial charge in [-0.15, -0.1) is 0 Å². The van der Waals surface area contributed by atoms with Gasteiger partial charge in [0, 0.05) is 16.5 Å². The maximum atomic E-state index is 12.7. The minimum Gasteiger partial charge on any atom is -0.492 e. The number of benzene rings is 2. The fourth-order valence-corrected chi connectivity index (χ4v) is 3.86. The Hall–Kier alpha value is -2.77. The highest BCUT2D eigenvalue weighted by atomic mass is 35.5. The van der Waals surface area contributed by atoms with Gasteiger partial charge in [-0.1, -0.05) is 41.6 Å². The zero-order chi connectivity index (χ0) is 21.6. The van der Waals surface area contributed by atoms with Crippen molar-refractivity contribution in [2.24, 2.45) is 0 Å². The number of ether oxygens (including phenoxy) is 1. The first-order valence-corrected chi connectivity index (χ1v) is 11.4. The van der Waals surface area contributed by atoms with Crippen molar-refractivity contribution in [1.29, 1.82) is 0 Å². The lowest BCUT2D eigenvalue weighted by Gasteiger charge is -2.10. The lowest BCUT2D eigenvalue weighted by molar-refractivity contribution is -0.118. The normalized spacial score (nSPS) is 13.1. The summed E-state index contributed by atoms with van der Waals surface area (Å²) in [6.45, 7) is 0.750. The fourth-order valence-electron chi connectivity index (χ4n) is 2.98. The van der Waals surface area contributed by atoms with Crippen LogP contribution in [0.4, 0.5) is 0 Å². The second kappa shape index (κ2) is 10.0. The molecule has 0 unspecified atom stereocenters. The molecule has 4 rings (SSSR count). The predicted octanol–water partition coefficient (Wildman–Crippen LogP) is 4.07. The number of thioether (sulfide) groups is 1. The highest BCUT2D eigenvalue weighted by molar-refractivity contribution is 7.99. The predicted molar refractivity (Wildman–Crippen MR) is 123 cm³/mol. The summed E-state index contributed by atoms with van der Waals surface area (Å²) in [5.74, 6) is 0.691. The van der Waals surface area contributed by atoms with Gasteiger partial charge in [0.15, 0.2) is 0 Å². The van der Waals surface area contributed by atoms with E-state index in [0.717, 1.165) is 23.7 Å². The number of fused-ring (bicyclic) bond motifs is 1. The third-order valence-electron chi connectivity index (χ3n) is 4.71. The highest BCUT2D eigenvalue weighted by Gasteiger charge is 2.25. The second-order valence-electron chi connectivity index (χ2n) is 7.21. The van der Waals surface area contributed by atoms with Gasteiger partial charge >= 0.3 is 0 Å². The third-order valence-corrected chi connectivity index (χ3v) is 5.87. The molecule has 1 aliphatic rings. The van der Waals surface area contributed by atoms with E-state index < -0.39 is 0 Å². The SMILES string of the molecule is O=C(CSc1cc(C(=O)NC2CC2)c2ccccc2n1)NCCOc1ccc(Cl)cc1. The number of amides is 2. The third kappa shape index (κ3) is 6.12. The van der Waals surface area contributed by atoms with E-state index in [1.54, 1.807) is 30.3 Å². The Bertz CT molecular complexity index is 1090. The van der Waals surface area contributed by atoms with Gasteiger partial charge in [-0.2, -0.15) is 0 Å². The Balaban J connectivity index is 1.31. The Morgan fingerprint density at radius 2 is 1.90 bits per heavy atom. The van der Waals surface area contributed by atoms with Gasteiger partial charge in [0.05, 0.1) is 28.4 Å². The summed E-state index contributed by atoms with van der Waals surface area (Å²) in [5.41, 5.74) is 1.34. The number of carbonyl (C=O) groups excluding carboxylic acids is 2. The van der Waals surface area contributed by atoms with Crippen LogP contribution >= 0.6 is 23.4 Å². The summed E-state index contributed by atoms with van der Waals surface area (Å²) in [7, 11) is 0. The smallest absolute Gasteiger partial charge is 0.252 e. The number of hydrogen-bond donors (Lipinski definition) is 2. The van der Waals surface area contributed by atoms with Gasteiger partial charge < -0.3 is 15.4 Å². The van der Waals surface area contributed by atoms with Crippen LogP contribution in [0.2, 0.25) is 5.02 Å². The molecule has 1 aliphatic carbocycles. The van der Waals surface area contributed by atoms with Gasteiger partial charge in [0.2, 0.25) is 5.91 Å². The summed E-state index contributed by atoms with van der Waals surface area (Å²) in [6.07, 6.45) is 2.05. The Morgan fingerprint density at radius 3 is 2.68 bits per heavy atom. The number of carbonyl (C=O) groups is 2. The van der Waals surface area contributed by atoms with Gasteiger partial charge in [-0.25, -0.2) is 4.98 Å². The summed E-state index contributed by atoms with van der Waals surface area (Å²) >= 11 is 7.15. The number of nitrogens with one attached hydrogen (secondary N) is 2. The number of nitrogens with zero attached hydrogens (tertiary/aromatic N) is 1. The second-order valence-corrected chi connectivity index (χ2v) is 8.65. The van der Waals surface area contributed by atoms with Crippen molar-refractivity contribution in [2.45, 2.75) is 23.9 Å². The van der Waals surface area contributed by atoms with Crippen LogP contribution in [-0.2, 0) is 4.79 Å². The van der Waals surface area contributed by atoms with Crippen molar-refractivity contribution in [1.82, 2.24) is 15.6 Å². The first kappa shape index (κ1) is 21.5. The van der Waals surface area contributed by atoms with Gasteiger partial charge in [0.1, 0.15) is 12.4 Å². The van der Waals surface area contributed by atoms with E-state index in [0.29, 0.717) is 34.5 Å². The van der Waals surface area contributed by atoms with Crippen LogP contribution in [0.5, 0.6) is 5.75 Å². The molecule has 0 bridgehead atoms. The molecule has 6 nitrogen and oxygen atoms in total. The molecule has 3 aromatic rings. The van der Waals surface area contributed by atoms with Crippen LogP contribution in [0.15, 0.2) is 59.6 Å². The molecule has 0 aliphatic heterocycles. The monoisotopic (exact) mass is 455 g/mol. The Labute approximate surface area is 189 Å². The lowest BCUT2D eigenvalue weighted by atomic mass is 10.1. The lowest BCUT2D eigenvalue weighted by Crippen LogP contribution is -2.29. The van der Waals surface area contributed by atoms with E-state index in [9.17, 15) is 9.59 Å². The summed E-state index contributed by atoms with van der Waals surface area (Å²) in [4.78, 5) is 29.5. The molecule has 0 radical (unpaired) electrons. The van der Waals surface area contributed by atoms with Gasteiger partial charge in [-0.3, -0.25) is 9.59 Å². The number of hydrogen-bond acceptors (Lipinski definition) is 5. The van der Waals surface area contributed by atoms with Crippen LogP contribution in [0, 0.1) is 0 Å². The van der Waals surface area contributed by atoms with Crippen LogP contribution < -0.4 is 15.4 Å². The first-order chi connectivity index (χ1) is 15.1. The molecule has 31 heavy (non-hydrogen) atoms. The van der Waals surface area contributed by atoms with Crippen LogP contribution in [-0.4, -0.2) is 41.7 Å². The van der Waals surface area contributed by atoms with Crippen LogP contribution in [0.25, 0.3) is 10.9 Å². The largest absolute Gasteiger partial charge is 0.492 e. The van der Waals surface area contributed by atoms with E-state index in [-0.39, 0.29) is 23.6 Å². The topological polar surface area (TPSA) is 80.3 Å². The van der Waals surface area contributed by atoms with Crippen molar-refractivity contribution >= 4 is 46.1 Å². The number of rotatable bonds is 9. The molecular formula is C23H22ClN3O3S. The number of halogens is 1. The van der Waals surface area contributed by atoms with Crippen molar-refractivity contribution in [3.63, 3.8) is 0 Å². The molecule has 0 spiro atoms. The minimum atomic E-state index is -0.122. The van der Waals surface area contributed by atoms with E-state index in [2.05, 4.69) is 15.6 Å². The standard InChI is InChI=1S/C23H22ClN3O3S/c24-15-5-9-17(10-6-15)30-12-11-25-21(28)14-31-22-13-19(23(29)26-16-7-8-16)18-3-1-2-4-20(18)27-22/h1-6,9-10,13,16H,7-8,11-12,14H2,(H,25,28)(H,26,29). The summed E-state index contributed by atoms with van der Waals surface area (Å²) in [5, 5.41) is 7.96. The molecule has 1 fully saturated rings. The maximum absolute atomic E-state index is 12.7. The molecule has 1 heterocycles. The van der Waals surface area contributed by atoms with Gasteiger partial charge in [-0.05, 0) is 49.2 Å². The van der Waals surface area contributed by atoms with E-state index in [4.69, 9.17) is 16.3 Å². The summed E-state index contributed by atoms with van der Waals surface area (Å²) in [6, 6.07) is 16.7. The molecule has 8 heteroatoms. The highest BCUT2D eigenvalue weighted by Crippen LogP contribution is 2.26. The maximum Gasteiger partial charge on any atom is 0.252 e. The van der Waals surface area contributed by atoms with Crippen LogP contribution in [0.1, 0.15) is 23.2 Å². The van der Waals surface area contributed by atoms with E-state index in [1.807, 2.05) is 24.3 Å². The summed E-state index contributed by atoms with van der Waals surface area (Å²) < 4.78 is 5.56. The number of aromatic nitrogens is 1. The molecular weight excluding hydrogens is 434 g/mol. The molecule has 0 saturated heterocycles. The molecule has 0 atom stereocenters. The average Bonchev–Trinajstić information content (AvgIpc) is 3.60. The van der Waals surface area contributed by atoms with Gasteiger partial charge in [0.25, 0.3) is 5.91 Å². The van der Waals surface area contributed by atoms with Crippen molar-refractivity contribution in [2.75, 3.05) is 18.9 Å². The van der Waals surface area contributed by atoms with Crippen molar-refractivity contribution in [3.8, 4) is 5.75 Å². The minimum absolute atomic E-state index is 0.0910. The molecule has 1 aromatic heterocycles. The zero-order valence-corrected chi connectivity index (χ0v) is 18.3. The van der Waals surface area contributed by atoms with Crippen molar-refractivity contribution in [3.05, 3.63) is 65.2 Å². The first-order valence-electron chi connectivity index (χ1n) is 10.1. The Kier molecular flexibility index (Phi) is 6.94. The molecule has 2 N–H and O–H groups in total.